The minimum Gasteiger partial charge on any atom is -0.477 e. The Morgan fingerprint density at radius 3 is 3.26 bits per heavy atom. The smallest absolute Gasteiger partial charge is 0.354 e. The normalized spacial score (nSPS) is 20.2. The summed E-state index contributed by atoms with van der Waals surface area (Å²) >= 11 is 0. The van der Waals surface area contributed by atoms with Gasteiger partial charge in [-0.25, -0.2) is 14.8 Å². The lowest BCUT2D eigenvalue weighted by atomic mass is 10.2. The van der Waals surface area contributed by atoms with Crippen LogP contribution in [0, 0.1) is 0 Å². The number of aromatic carboxylic acids is 1. The zero-order valence-corrected chi connectivity index (χ0v) is 10.9. The second kappa shape index (κ2) is 6.44. The van der Waals surface area contributed by atoms with E-state index in [-0.39, 0.29) is 11.8 Å². The molecule has 0 spiro atoms. The number of carboxylic acids is 1. The van der Waals surface area contributed by atoms with Crippen molar-refractivity contribution in [3.63, 3.8) is 0 Å². The first-order valence-electron chi connectivity index (χ1n) is 6.33. The van der Waals surface area contributed by atoms with Gasteiger partial charge in [-0.3, -0.25) is 4.90 Å². The van der Waals surface area contributed by atoms with E-state index in [0.29, 0.717) is 12.5 Å². The molecule has 1 aromatic heterocycles. The van der Waals surface area contributed by atoms with Gasteiger partial charge in [-0.15, -0.1) is 0 Å². The zero-order valence-electron chi connectivity index (χ0n) is 10.9. The molecule has 7 heteroatoms. The van der Waals surface area contributed by atoms with Gasteiger partial charge in [0.25, 0.3) is 0 Å². The number of anilines is 1. The van der Waals surface area contributed by atoms with Crippen molar-refractivity contribution < 1.29 is 14.6 Å². The maximum absolute atomic E-state index is 10.8. The van der Waals surface area contributed by atoms with Crippen LogP contribution in [0.25, 0.3) is 0 Å². The van der Waals surface area contributed by atoms with E-state index in [1.807, 2.05) is 0 Å². The Hall–Kier alpha value is -1.73. The summed E-state index contributed by atoms with van der Waals surface area (Å²) in [6, 6.07) is 1.36. The van der Waals surface area contributed by atoms with Crippen LogP contribution in [0.1, 0.15) is 17.4 Å². The molecule has 0 aromatic carbocycles. The molecular formula is C12H18N4O3. The Kier molecular flexibility index (Phi) is 4.64. The number of carbonyl (C=O) groups is 1. The van der Waals surface area contributed by atoms with E-state index >= 15 is 0 Å². The summed E-state index contributed by atoms with van der Waals surface area (Å²) in [7, 11) is 0. The fourth-order valence-electron chi connectivity index (χ4n) is 1.96. The number of aromatic nitrogens is 2. The molecule has 1 atom stereocenters. The first-order chi connectivity index (χ1) is 9.19. The molecule has 1 fully saturated rings. The first-order valence-corrected chi connectivity index (χ1v) is 6.33. The average Bonchev–Trinajstić information content (AvgIpc) is 2.45. The van der Waals surface area contributed by atoms with Crippen molar-refractivity contribution in [1.82, 2.24) is 14.9 Å². The third kappa shape index (κ3) is 3.87. The van der Waals surface area contributed by atoms with Gasteiger partial charge in [-0.05, 0) is 12.6 Å². The predicted molar refractivity (Wildman–Crippen MR) is 69.3 cm³/mol. The van der Waals surface area contributed by atoms with Gasteiger partial charge in [0.1, 0.15) is 0 Å². The van der Waals surface area contributed by atoms with Gasteiger partial charge >= 0.3 is 5.97 Å². The summed E-state index contributed by atoms with van der Waals surface area (Å²) in [5, 5.41) is 11.9. The van der Waals surface area contributed by atoms with E-state index in [0.717, 1.165) is 26.2 Å². The number of hydrogen-bond donors (Lipinski definition) is 2. The van der Waals surface area contributed by atoms with Crippen molar-refractivity contribution in [3.05, 3.63) is 18.0 Å². The van der Waals surface area contributed by atoms with Crippen molar-refractivity contribution in [2.24, 2.45) is 0 Å². The second-order valence-electron chi connectivity index (χ2n) is 4.34. The Bertz CT molecular complexity index is 441. The number of ether oxygens (including phenoxy) is 1. The number of nitrogens with one attached hydrogen (secondary N) is 1. The molecule has 1 aliphatic heterocycles. The molecule has 1 saturated heterocycles. The van der Waals surface area contributed by atoms with Crippen molar-refractivity contribution in [2.45, 2.75) is 13.0 Å². The van der Waals surface area contributed by atoms with Gasteiger partial charge in [0.2, 0.25) is 5.95 Å². The lowest BCUT2D eigenvalue weighted by Gasteiger charge is -2.32. The van der Waals surface area contributed by atoms with E-state index in [1.165, 1.54) is 12.3 Å². The Balaban J connectivity index is 1.88. The standard InChI is InChI=1S/C12H18N4O3/c1-2-16-5-6-19-9(8-16)7-14-12-13-4-3-10(15-12)11(17)18/h3-4,9H,2,5-8H2,1H3,(H,17,18)(H,13,14,15). The van der Waals surface area contributed by atoms with E-state index in [1.54, 1.807) is 0 Å². The Morgan fingerprint density at radius 2 is 2.53 bits per heavy atom. The molecule has 19 heavy (non-hydrogen) atoms. The lowest BCUT2D eigenvalue weighted by molar-refractivity contribution is -0.0192. The highest BCUT2D eigenvalue weighted by atomic mass is 16.5. The van der Waals surface area contributed by atoms with Gasteiger partial charge in [-0.2, -0.15) is 0 Å². The van der Waals surface area contributed by atoms with Crippen LogP contribution in [-0.2, 0) is 4.74 Å². The maximum atomic E-state index is 10.8. The van der Waals surface area contributed by atoms with Crippen molar-refractivity contribution in [3.8, 4) is 0 Å². The highest BCUT2D eigenvalue weighted by Crippen LogP contribution is 2.06. The highest BCUT2D eigenvalue weighted by Gasteiger charge is 2.19. The van der Waals surface area contributed by atoms with Crippen LogP contribution in [0.15, 0.2) is 12.3 Å². The molecule has 1 unspecified atom stereocenters. The van der Waals surface area contributed by atoms with Crippen LogP contribution in [0.4, 0.5) is 5.95 Å². The van der Waals surface area contributed by atoms with E-state index in [9.17, 15) is 4.79 Å². The molecule has 0 amide bonds. The summed E-state index contributed by atoms with van der Waals surface area (Å²) in [6.07, 6.45) is 1.50. The Morgan fingerprint density at radius 1 is 1.68 bits per heavy atom. The number of carboxylic acid groups (broad SMARTS) is 1. The number of nitrogens with zero attached hydrogens (tertiary/aromatic N) is 3. The number of rotatable bonds is 5. The number of hydrogen-bond acceptors (Lipinski definition) is 6. The zero-order chi connectivity index (χ0) is 13.7. The van der Waals surface area contributed by atoms with Gasteiger partial charge < -0.3 is 15.2 Å². The molecule has 7 nitrogen and oxygen atoms in total. The quantitative estimate of drug-likeness (QED) is 0.792. The van der Waals surface area contributed by atoms with Gasteiger partial charge in [0.05, 0.1) is 12.7 Å². The largest absolute Gasteiger partial charge is 0.477 e. The molecular weight excluding hydrogens is 248 g/mol. The summed E-state index contributed by atoms with van der Waals surface area (Å²) in [6.45, 7) is 6.23. The molecule has 0 aliphatic carbocycles. The van der Waals surface area contributed by atoms with Crippen LogP contribution in [0.2, 0.25) is 0 Å². The topological polar surface area (TPSA) is 87.6 Å². The van der Waals surface area contributed by atoms with Crippen molar-refractivity contribution >= 4 is 11.9 Å². The van der Waals surface area contributed by atoms with E-state index in [4.69, 9.17) is 9.84 Å². The first kappa shape index (κ1) is 13.7. The summed E-state index contributed by atoms with van der Waals surface area (Å²) in [4.78, 5) is 21.0. The van der Waals surface area contributed by atoms with E-state index < -0.39 is 5.97 Å². The maximum Gasteiger partial charge on any atom is 0.354 e. The molecule has 1 aromatic rings. The minimum absolute atomic E-state index is 0.0164. The van der Waals surface area contributed by atoms with Crippen LogP contribution in [-0.4, -0.2) is 64.8 Å². The molecule has 0 bridgehead atoms. The van der Waals surface area contributed by atoms with Crippen molar-refractivity contribution in [2.75, 3.05) is 38.1 Å². The van der Waals surface area contributed by atoms with Crippen LogP contribution in [0.5, 0.6) is 0 Å². The molecule has 104 valence electrons. The molecule has 0 saturated carbocycles. The lowest BCUT2D eigenvalue weighted by Crippen LogP contribution is -2.45. The van der Waals surface area contributed by atoms with Gasteiger partial charge in [-0.1, -0.05) is 6.92 Å². The third-order valence-electron chi connectivity index (χ3n) is 3.03. The summed E-state index contributed by atoms with van der Waals surface area (Å²) in [5.74, 6) is -0.742. The SMILES string of the molecule is CCN1CCOC(CNc2nccc(C(=O)O)n2)C1. The minimum atomic E-state index is -1.06. The molecule has 2 N–H and O–H groups in total. The fourth-order valence-corrected chi connectivity index (χ4v) is 1.96. The fraction of sp³-hybridized carbons (Fsp3) is 0.583. The molecule has 1 aliphatic rings. The van der Waals surface area contributed by atoms with E-state index in [2.05, 4.69) is 27.1 Å². The monoisotopic (exact) mass is 266 g/mol. The summed E-state index contributed by atoms with van der Waals surface area (Å²) < 4.78 is 5.63. The van der Waals surface area contributed by atoms with Gasteiger partial charge in [0.15, 0.2) is 5.69 Å². The average molecular weight is 266 g/mol. The molecule has 2 heterocycles. The summed E-state index contributed by atoms with van der Waals surface area (Å²) in [5.41, 5.74) is -0.0164. The van der Waals surface area contributed by atoms with Crippen LogP contribution in [0.3, 0.4) is 0 Å². The number of likely N-dealkylation sites (N-methyl/N-ethyl adjacent to an activating group) is 1. The number of morpholine rings is 1. The molecule has 0 radical (unpaired) electrons. The predicted octanol–water partition coefficient (Wildman–Crippen LogP) is 0.307. The van der Waals surface area contributed by atoms with Crippen LogP contribution < -0.4 is 5.32 Å². The Labute approximate surface area is 111 Å². The van der Waals surface area contributed by atoms with Gasteiger partial charge in [0, 0.05) is 25.8 Å². The van der Waals surface area contributed by atoms with Crippen molar-refractivity contribution in [1.29, 1.82) is 0 Å². The highest BCUT2D eigenvalue weighted by molar-refractivity contribution is 5.85. The molecule has 2 rings (SSSR count). The second-order valence-corrected chi connectivity index (χ2v) is 4.34. The van der Waals surface area contributed by atoms with Crippen LogP contribution >= 0.6 is 0 Å². The third-order valence-corrected chi connectivity index (χ3v) is 3.03.